The number of hydrogen-bond donors (Lipinski definition) is 0. The number of methoxy groups -OCH3 is 1. The number of esters is 1. The molecular weight excluding hydrogens is 372 g/mol. The van der Waals surface area contributed by atoms with Gasteiger partial charge in [0.1, 0.15) is 10.0 Å². The molecule has 0 saturated heterocycles. The first-order valence-corrected chi connectivity index (χ1v) is 8.24. The number of nitrogens with zero attached hydrogens (tertiary/aromatic N) is 2. The lowest BCUT2D eigenvalue weighted by Gasteiger charge is -2.17. The van der Waals surface area contributed by atoms with Crippen molar-refractivity contribution in [2.75, 3.05) is 20.7 Å². The lowest BCUT2D eigenvalue weighted by Crippen LogP contribution is -2.28. The number of ether oxygens (including phenoxy) is 1. The van der Waals surface area contributed by atoms with Crippen LogP contribution in [0.3, 0.4) is 0 Å². The second kappa shape index (κ2) is 7.35. The summed E-state index contributed by atoms with van der Waals surface area (Å²) in [6.45, 7) is 0.181. The maximum atomic E-state index is 12.3. The van der Waals surface area contributed by atoms with E-state index in [4.69, 9.17) is 11.6 Å². The Hall–Kier alpha value is -0.700. The van der Waals surface area contributed by atoms with Crippen LogP contribution in [0.5, 0.6) is 0 Å². The molecule has 0 N–H and O–H groups in total. The normalized spacial score (nSPS) is 11.7. The van der Waals surface area contributed by atoms with Crippen molar-refractivity contribution in [1.82, 2.24) is 9.29 Å². The second-order valence-electron chi connectivity index (χ2n) is 3.95. The van der Waals surface area contributed by atoms with E-state index in [0.717, 1.165) is 4.31 Å². The van der Waals surface area contributed by atoms with Crippen molar-refractivity contribution in [2.24, 2.45) is 0 Å². The molecule has 9 heteroatoms. The minimum atomic E-state index is -3.74. The summed E-state index contributed by atoms with van der Waals surface area (Å²) in [6, 6.07) is 1.39. The molecule has 0 aliphatic rings. The number of carbonyl (C=O) groups excluding carboxylic acids is 1. The summed E-state index contributed by atoms with van der Waals surface area (Å²) in [6.07, 6.45) is 1.93. The highest BCUT2D eigenvalue weighted by molar-refractivity contribution is 9.10. The van der Waals surface area contributed by atoms with Gasteiger partial charge >= 0.3 is 5.97 Å². The maximum absolute atomic E-state index is 12.3. The van der Waals surface area contributed by atoms with E-state index < -0.39 is 10.0 Å². The fraction of sp³-hybridized carbons (Fsp3) is 0.455. The van der Waals surface area contributed by atoms with Crippen LogP contribution in [0, 0.1) is 0 Å². The minimum absolute atomic E-state index is 0.0749. The first-order valence-electron chi connectivity index (χ1n) is 5.63. The van der Waals surface area contributed by atoms with Gasteiger partial charge < -0.3 is 4.74 Å². The van der Waals surface area contributed by atoms with Gasteiger partial charge in [-0.05, 0) is 28.4 Å². The molecule has 1 aromatic rings. The molecule has 0 amide bonds. The van der Waals surface area contributed by atoms with Crippen molar-refractivity contribution in [3.63, 3.8) is 0 Å². The molecule has 0 aromatic carbocycles. The van der Waals surface area contributed by atoms with Gasteiger partial charge in [0.05, 0.1) is 7.11 Å². The fourth-order valence-corrected chi connectivity index (χ4v) is 3.55. The van der Waals surface area contributed by atoms with Gasteiger partial charge in [-0.2, -0.15) is 0 Å². The van der Waals surface area contributed by atoms with Crippen molar-refractivity contribution in [1.29, 1.82) is 0 Å². The number of carbonyl (C=O) groups is 1. The van der Waals surface area contributed by atoms with Gasteiger partial charge in [0.2, 0.25) is 10.0 Å². The average Bonchev–Trinajstić information content (AvgIpc) is 2.40. The van der Waals surface area contributed by atoms with Crippen LogP contribution in [-0.4, -0.2) is 44.4 Å². The quantitative estimate of drug-likeness (QED) is 0.553. The maximum Gasteiger partial charge on any atom is 0.305 e. The molecule has 0 unspecified atom stereocenters. The van der Waals surface area contributed by atoms with E-state index in [0.29, 0.717) is 10.9 Å². The third kappa shape index (κ3) is 4.41. The Morgan fingerprint density at radius 1 is 1.55 bits per heavy atom. The van der Waals surface area contributed by atoms with Crippen molar-refractivity contribution in [3.8, 4) is 0 Å². The predicted molar refractivity (Wildman–Crippen MR) is 78.0 cm³/mol. The Morgan fingerprint density at radius 2 is 2.20 bits per heavy atom. The van der Waals surface area contributed by atoms with Crippen LogP contribution >= 0.6 is 27.5 Å². The van der Waals surface area contributed by atoms with Crippen molar-refractivity contribution >= 4 is 43.5 Å². The Kier molecular flexibility index (Phi) is 6.38. The molecule has 0 saturated carbocycles. The zero-order chi connectivity index (χ0) is 15.3. The Labute approximate surface area is 131 Å². The highest BCUT2D eigenvalue weighted by Crippen LogP contribution is 2.25. The number of hydrogen-bond acceptors (Lipinski definition) is 5. The molecule has 0 fully saturated rings. The molecule has 0 atom stereocenters. The first kappa shape index (κ1) is 17.4. The summed E-state index contributed by atoms with van der Waals surface area (Å²) in [4.78, 5) is 14.7. The number of aromatic nitrogens is 1. The van der Waals surface area contributed by atoms with E-state index >= 15 is 0 Å². The average molecular weight is 386 g/mol. The predicted octanol–water partition coefficient (Wildman–Crippen LogP) is 2.07. The van der Waals surface area contributed by atoms with E-state index in [1.807, 2.05) is 0 Å². The summed E-state index contributed by atoms with van der Waals surface area (Å²) in [5, 5.41) is -0.0898. The molecule has 1 rings (SSSR count). The number of rotatable bonds is 6. The summed E-state index contributed by atoms with van der Waals surface area (Å²) < 4.78 is 30.8. The SMILES string of the molecule is COC(=O)CCCN(C)S(=O)(=O)c1cc(Br)cnc1Cl. The number of sulfonamides is 1. The minimum Gasteiger partial charge on any atom is -0.469 e. The molecule has 6 nitrogen and oxygen atoms in total. The summed E-state index contributed by atoms with van der Waals surface area (Å²) >= 11 is 8.97. The van der Waals surface area contributed by atoms with Gasteiger partial charge in [0.25, 0.3) is 0 Å². The molecule has 0 aliphatic heterocycles. The smallest absolute Gasteiger partial charge is 0.305 e. The third-order valence-corrected chi connectivity index (χ3v) is 5.26. The Bertz CT molecular complexity index is 594. The van der Waals surface area contributed by atoms with E-state index in [1.54, 1.807) is 0 Å². The lowest BCUT2D eigenvalue weighted by molar-refractivity contribution is -0.140. The van der Waals surface area contributed by atoms with E-state index in [1.165, 1.54) is 26.4 Å². The van der Waals surface area contributed by atoms with E-state index in [2.05, 4.69) is 25.7 Å². The number of pyridine rings is 1. The summed E-state index contributed by atoms with van der Waals surface area (Å²) in [5.74, 6) is -0.377. The first-order chi connectivity index (χ1) is 9.28. The molecule has 112 valence electrons. The second-order valence-corrected chi connectivity index (χ2v) is 7.24. The lowest BCUT2D eigenvalue weighted by atomic mass is 10.3. The largest absolute Gasteiger partial charge is 0.469 e. The summed E-state index contributed by atoms with van der Waals surface area (Å²) in [7, 11) is -1.03. The number of halogens is 2. The summed E-state index contributed by atoms with van der Waals surface area (Å²) in [5.41, 5.74) is 0. The molecule has 0 spiro atoms. The van der Waals surface area contributed by atoms with Gasteiger partial charge in [0.15, 0.2) is 0 Å². The molecule has 20 heavy (non-hydrogen) atoms. The fourth-order valence-electron chi connectivity index (χ4n) is 1.42. The monoisotopic (exact) mass is 384 g/mol. The van der Waals surface area contributed by atoms with Crippen LogP contribution < -0.4 is 0 Å². The van der Waals surface area contributed by atoms with Crippen molar-refractivity contribution in [2.45, 2.75) is 17.7 Å². The molecule has 1 aromatic heterocycles. The van der Waals surface area contributed by atoms with Crippen LogP contribution in [0.25, 0.3) is 0 Å². The van der Waals surface area contributed by atoms with Crippen LogP contribution in [-0.2, 0) is 19.6 Å². The standard InChI is InChI=1S/C11H14BrClN2O4S/c1-15(5-3-4-10(16)19-2)20(17,18)9-6-8(12)7-14-11(9)13/h6-7H,3-5H2,1-2H3. The van der Waals surface area contributed by atoms with E-state index in [-0.39, 0.29) is 29.0 Å². The van der Waals surface area contributed by atoms with Gasteiger partial charge in [-0.3, -0.25) is 4.79 Å². The molecule has 0 aliphatic carbocycles. The molecule has 0 bridgehead atoms. The third-order valence-electron chi connectivity index (χ3n) is 2.54. The van der Waals surface area contributed by atoms with E-state index in [9.17, 15) is 13.2 Å². The van der Waals surface area contributed by atoms with Crippen molar-refractivity contribution in [3.05, 3.63) is 21.9 Å². The van der Waals surface area contributed by atoms with Crippen LogP contribution in [0.4, 0.5) is 0 Å². The Morgan fingerprint density at radius 3 is 2.80 bits per heavy atom. The van der Waals surface area contributed by atoms with Gasteiger partial charge in [0, 0.05) is 30.7 Å². The zero-order valence-electron chi connectivity index (χ0n) is 11.0. The van der Waals surface area contributed by atoms with Gasteiger partial charge in [-0.15, -0.1) is 0 Å². The molecular formula is C11H14BrClN2O4S. The van der Waals surface area contributed by atoms with Crippen LogP contribution in [0.1, 0.15) is 12.8 Å². The molecule has 0 radical (unpaired) electrons. The molecule has 1 heterocycles. The highest BCUT2D eigenvalue weighted by Gasteiger charge is 2.24. The zero-order valence-corrected chi connectivity index (χ0v) is 14.1. The topological polar surface area (TPSA) is 76.6 Å². The van der Waals surface area contributed by atoms with Crippen molar-refractivity contribution < 1.29 is 17.9 Å². The highest BCUT2D eigenvalue weighted by atomic mass is 79.9. The van der Waals surface area contributed by atoms with Gasteiger partial charge in [-0.25, -0.2) is 17.7 Å². The Balaban J connectivity index is 2.82. The van der Waals surface area contributed by atoms with Crippen LogP contribution in [0.15, 0.2) is 21.6 Å². The van der Waals surface area contributed by atoms with Crippen LogP contribution in [0.2, 0.25) is 5.15 Å². The van der Waals surface area contributed by atoms with Gasteiger partial charge in [-0.1, -0.05) is 11.6 Å².